The smallest absolute Gasteiger partial charge is 0.348 e. The van der Waals surface area contributed by atoms with E-state index in [0.717, 1.165) is 15.7 Å². The Labute approximate surface area is 114 Å². The van der Waals surface area contributed by atoms with Crippen LogP contribution in [0.15, 0.2) is 33.5 Å². The SMILES string of the molecule is Cc1nc(=O)n(Cc2ccccc2N)c(C)c1Br. The summed E-state index contributed by atoms with van der Waals surface area (Å²) in [5.41, 5.74) is 8.79. The number of benzene rings is 1. The molecule has 0 bridgehead atoms. The number of para-hydroxylation sites is 1. The number of hydrogen-bond acceptors (Lipinski definition) is 3. The van der Waals surface area contributed by atoms with Gasteiger partial charge in [0.05, 0.1) is 16.7 Å². The van der Waals surface area contributed by atoms with Crippen LogP contribution in [0.4, 0.5) is 5.69 Å². The molecule has 5 heteroatoms. The van der Waals surface area contributed by atoms with Crippen LogP contribution in [0.1, 0.15) is 17.0 Å². The van der Waals surface area contributed by atoms with E-state index in [2.05, 4.69) is 20.9 Å². The van der Waals surface area contributed by atoms with Crippen molar-refractivity contribution in [2.45, 2.75) is 20.4 Å². The molecule has 1 aromatic heterocycles. The van der Waals surface area contributed by atoms with E-state index in [0.29, 0.717) is 17.9 Å². The summed E-state index contributed by atoms with van der Waals surface area (Å²) in [5.74, 6) is 0. The number of hydrogen-bond donors (Lipinski definition) is 1. The van der Waals surface area contributed by atoms with Crippen molar-refractivity contribution in [3.8, 4) is 0 Å². The van der Waals surface area contributed by atoms with Gasteiger partial charge in [-0.2, -0.15) is 4.98 Å². The van der Waals surface area contributed by atoms with E-state index in [1.54, 1.807) is 11.5 Å². The van der Waals surface area contributed by atoms with E-state index in [1.165, 1.54) is 0 Å². The van der Waals surface area contributed by atoms with E-state index >= 15 is 0 Å². The summed E-state index contributed by atoms with van der Waals surface area (Å²) in [7, 11) is 0. The molecule has 94 valence electrons. The highest BCUT2D eigenvalue weighted by atomic mass is 79.9. The van der Waals surface area contributed by atoms with Crippen molar-refractivity contribution < 1.29 is 0 Å². The van der Waals surface area contributed by atoms with Gasteiger partial charge in [-0.15, -0.1) is 0 Å². The van der Waals surface area contributed by atoms with Crippen molar-refractivity contribution in [2.24, 2.45) is 0 Å². The third kappa shape index (κ3) is 2.31. The number of anilines is 1. The number of aryl methyl sites for hydroxylation is 1. The van der Waals surface area contributed by atoms with E-state index in [-0.39, 0.29) is 5.69 Å². The number of halogens is 1. The van der Waals surface area contributed by atoms with E-state index < -0.39 is 0 Å². The predicted molar refractivity (Wildman–Crippen MR) is 75.6 cm³/mol. The molecule has 0 aliphatic rings. The van der Waals surface area contributed by atoms with Crippen molar-refractivity contribution in [3.63, 3.8) is 0 Å². The van der Waals surface area contributed by atoms with Gasteiger partial charge in [0.25, 0.3) is 0 Å². The molecule has 0 unspecified atom stereocenters. The lowest BCUT2D eigenvalue weighted by Gasteiger charge is -2.13. The number of aromatic nitrogens is 2. The Balaban J connectivity index is 2.51. The van der Waals surface area contributed by atoms with Crippen LogP contribution in [0.25, 0.3) is 0 Å². The molecule has 0 spiro atoms. The van der Waals surface area contributed by atoms with Crippen molar-refractivity contribution >= 4 is 21.6 Å². The zero-order chi connectivity index (χ0) is 13.3. The molecule has 0 saturated carbocycles. The van der Waals surface area contributed by atoms with E-state index in [9.17, 15) is 4.79 Å². The molecule has 18 heavy (non-hydrogen) atoms. The standard InChI is InChI=1S/C13H14BrN3O/c1-8-12(14)9(2)17(13(18)16-8)7-10-5-3-4-6-11(10)15/h3-6H,7,15H2,1-2H3. The maximum absolute atomic E-state index is 11.9. The maximum Gasteiger partial charge on any atom is 0.348 e. The molecule has 0 aliphatic heterocycles. The maximum atomic E-state index is 11.9. The minimum atomic E-state index is -0.253. The third-order valence-electron chi connectivity index (χ3n) is 2.92. The van der Waals surface area contributed by atoms with Crippen molar-refractivity contribution in [1.29, 1.82) is 0 Å². The molecule has 0 aliphatic carbocycles. The lowest BCUT2D eigenvalue weighted by molar-refractivity contribution is 0.690. The number of nitrogens with zero attached hydrogens (tertiary/aromatic N) is 2. The molecule has 2 aromatic rings. The minimum absolute atomic E-state index is 0.253. The zero-order valence-electron chi connectivity index (χ0n) is 10.3. The van der Waals surface area contributed by atoms with Gasteiger partial charge in [-0.3, -0.25) is 4.57 Å². The topological polar surface area (TPSA) is 60.9 Å². The second-order valence-corrected chi connectivity index (χ2v) is 4.96. The minimum Gasteiger partial charge on any atom is -0.398 e. The number of nitrogens with two attached hydrogens (primary N) is 1. The van der Waals surface area contributed by atoms with Crippen LogP contribution >= 0.6 is 15.9 Å². The summed E-state index contributed by atoms with van der Waals surface area (Å²) in [6, 6.07) is 7.52. The van der Waals surface area contributed by atoms with Gasteiger partial charge in [-0.1, -0.05) is 18.2 Å². The summed E-state index contributed by atoms with van der Waals surface area (Å²) >= 11 is 3.44. The average Bonchev–Trinajstić information content (AvgIpc) is 2.34. The first kappa shape index (κ1) is 12.8. The fourth-order valence-corrected chi connectivity index (χ4v) is 2.11. The second-order valence-electron chi connectivity index (χ2n) is 4.16. The van der Waals surface area contributed by atoms with Gasteiger partial charge in [0.1, 0.15) is 0 Å². The Morgan fingerprint density at radius 3 is 2.67 bits per heavy atom. The van der Waals surface area contributed by atoms with Gasteiger partial charge in [-0.05, 0) is 41.4 Å². The molecular formula is C13H14BrN3O. The normalized spacial score (nSPS) is 10.6. The first-order valence-corrected chi connectivity index (χ1v) is 6.37. The van der Waals surface area contributed by atoms with Gasteiger partial charge in [0, 0.05) is 11.4 Å². The van der Waals surface area contributed by atoms with Crippen molar-refractivity contribution in [2.75, 3.05) is 5.73 Å². The van der Waals surface area contributed by atoms with Gasteiger partial charge in [-0.25, -0.2) is 4.79 Å². The van der Waals surface area contributed by atoms with Crippen LogP contribution in [0, 0.1) is 13.8 Å². The Hall–Kier alpha value is -1.62. The van der Waals surface area contributed by atoms with E-state index in [4.69, 9.17) is 5.73 Å². The lowest BCUT2D eigenvalue weighted by Crippen LogP contribution is -2.27. The Morgan fingerprint density at radius 1 is 1.33 bits per heavy atom. The zero-order valence-corrected chi connectivity index (χ0v) is 11.9. The molecule has 0 atom stereocenters. The first-order chi connectivity index (χ1) is 8.50. The second kappa shape index (κ2) is 4.94. The van der Waals surface area contributed by atoms with Crippen molar-refractivity contribution in [1.82, 2.24) is 9.55 Å². The van der Waals surface area contributed by atoms with Gasteiger partial charge in [0.15, 0.2) is 0 Å². The van der Waals surface area contributed by atoms with Gasteiger partial charge in [0.2, 0.25) is 0 Å². The Morgan fingerprint density at radius 2 is 2.00 bits per heavy atom. The Bertz CT molecular complexity index is 649. The van der Waals surface area contributed by atoms with Crippen LogP contribution in [0.3, 0.4) is 0 Å². The molecule has 0 fully saturated rings. The highest BCUT2D eigenvalue weighted by Crippen LogP contribution is 2.18. The predicted octanol–water partition coefficient (Wildman–Crippen LogP) is 2.25. The first-order valence-electron chi connectivity index (χ1n) is 5.57. The summed E-state index contributed by atoms with van der Waals surface area (Å²) in [6.45, 7) is 4.13. The molecule has 4 nitrogen and oxygen atoms in total. The highest BCUT2D eigenvalue weighted by Gasteiger charge is 2.10. The fourth-order valence-electron chi connectivity index (χ4n) is 1.81. The van der Waals surface area contributed by atoms with Crippen LogP contribution < -0.4 is 11.4 Å². The molecular weight excluding hydrogens is 294 g/mol. The third-order valence-corrected chi connectivity index (χ3v) is 4.07. The van der Waals surface area contributed by atoms with Crippen molar-refractivity contribution in [3.05, 3.63) is 56.2 Å². The highest BCUT2D eigenvalue weighted by molar-refractivity contribution is 9.10. The number of rotatable bonds is 2. The molecule has 2 rings (SSSR count). The molecule has 0 radical (unpaired) electrons. The fraction of sp³-hybridized carbons (Fsp3) is 0.231. The van der Waals surface area contributed by atoms with Crippen LogP contribution in [0.5, 0.6) is 0 Å². The molecule has 2 N–H and O–H groups in total. The monoisotopic (exact) mass is 307 g/mol. The summed E-state index contributed by atoms with van der Waals surface area (Å²) in [5, 5.41) is 0. The van der Waals surface area contributed by atoms with Crippen LogP contribution in [-0.2, 0) is 6.54 Å². The van der Waals surface area contributed by atoms with Crippen LogP contribution in [-0.4, -0.2) is 9.55 Å². The number of nitrogen functional groups attached to an aromatic ring is 1. The summed E-state index contributed by atoms with van der Waals surface area (Å²) in [4.78, 5) is 15.9. The average molecular weight is 308 g/mol. The van der Waals surface area contributed by atoms with Crippen LogP contribution in [0.2, 0.25) is 0 Å². The molecule has 1 aromatic carbocycles. The lowest BCUT2D eigenvalue weighted by atomic mass is 10.2. The van der Waals surface area contributed by atoms with E-state index in [1.807, 2.05) is 31.2 Å². The van der Waals surface area contributed by atoms with Gasteiger partial charge < -0.3 is 5.73 Å². The Kier molecular flexibility index (Phi) is 3.52. The largest absolute Gasteiger partial charge is 0.398 e. The summed E-state index contributed by atoms with van der Waals surface area (Å²) < 4.78 is 2.47. The quantitative estimate of drug-likeness (QED) is 0.866. The summed E-state index contributed by atoms with van der Waals surface area (Å²) in [6.07, 6.45) is 0. The van der Waals surface area contributed by atoms with Gasteiger partial charge >= 0.3 is 5.69 Å². The molecule has 1 heterocycles. The molecule has 0 amide bonds. The molecule has 0 saturated heterocycles.